The molecule has 1 aliphatic rings. The molecule has 6 heteroatoms. The van der Waals surface area contributed by atoms with E-state index in [2.05, 4.69) is 15.7 Å². The van der Waals surface area contributed by atoms with Crippen molar-refractivity contribution in [2.45, 2.75) is 18.9 Å². The normalized spacial score (nSPS) is 15.2. The highest BCUT2D eigenvalue weighted by Crippen LogP contribution is 2.29. The van der Waals surface area contributed by atoms with Crippen molar-refractivity contribution >= 4 is 11.6 Å². The monoisotopic (exact) mass is 314 g/mol. The van der Waals surface area contributed by atoms with Crippen LogP contribution in [0.4, 0.5) is 5.69 Å². The second-order valence-corrected chi connectivity index (χ2v) is 5.94. The Hall–Kier alpha value is -2.34. The molecule has 0 aliphatic heterocycles. The molecule has 1 fully saturated rings. The van der Waals surface area contributed by atoms with Gasteiger partial charge in [0.1, 0.15) is 11.8 Å². The van der Waals surface area contributed by atoms with E-state index in [-0.39, 0.29) is 5.91 Å². The van der Waals surface area contributed by atoms with Crippen molar-refractivity contribution in [1.29, 1.82) is 0 Å². The largest absolute Gasteiger partial charge is 0.493 e. The summed E-state index contributed by atoms with van der Waals surface area (Å²) < 4.78 is 7.37. The fourth-order valence-corrected chi connectivity index (χ4v) is 2.39. The van der Waals surface area contributed by atoms with Crippen LogP contribution in [0.5, 0.6) is 5.75 Å². The zero-order valence-corrected chi connectivity index (χ0v) is 13.5. The second kappa shape index (κ2) is 6.83. The summed E-state index contributed by atoms with van der Waals surface area (Å²) in [7, 11) is 3.58. The van der Waals surface area contributed by atoms with E-state index in [9.17, 15) is 4.79 Å². The van der Waals surface area contributed by atoms with Crippen molar-refractivity contribution in [2.75, 3.05) is 19.0 Å². The van der Waals surface area contributed by atoms with Crippen LogP contribution in [0.1, 0.15) is 24.4 Å². The molecule has 3 rings (SSSR count). The Kier molecular flexibility index (Phi) is 4.62. The fourth-order valence-electron chi connectivity index (χ4n) is 2.39. The highest BCUT2D eigenvalue weighted by molar-refractivity contribution is 5.95. The van der Waals surface area contributed by atoms with Crippen molar-refractivity contribution in [2.24, 2.45) is 13.0 Å². The smallest absolute Gasteiger partial charge is 0.246 e. The molecule has 6 nitrogen and oxygen atoms in total. The number of amides is 1. The molecule has 0 bridgehead atoms. The standard InChI is InChI=1S/C17H22N4O2/c1-18-16(13-9-19-21(2)10-13)17(22)20-14-5-7-15(8-6-14)23-11-12-3-4-12/h5-10,12,16,18H,3-4,11H2,1-2H3,(H,20,22). The molecule has 1 heterocycles. The first-order valence-corrected chi connectivity index (χ1v) is 7.85. The average Bonchev–Trinajstić information content (AvgIpc) is 3.28. The van der Waals surface area contributed by atoms with Crippen LogP contribution in [0.25, 0.3) is 0 Å². The number of aromatic nitrogens is 2. The van der Waals surface area contributed by atoms with Gasteiger partial charge in [-0.3, -0.25) is 9.48 Å². The Labute approximate surface area is 135 Å². The maximum Gasteiger partial charge on any atom is 0.246 e. The summed E-state index contributed by atoms with van der Waals surface area (Å²) in [6, 6.07) is 7.05. The Morgan fingerprint density at radius 3 is 2.70 bits per heavy atom. The summed E-state index contributed by atoms with van der Waals surface area (Å²) >= 11 is 0. The molecule has 1 saturated carbocycles. The third-order valence-electron chi connectivity index (χ3n) is 3.91. The van der Waals surface area contributed by atoms with Gasteiger partial charge in [0.15, 0.2) is 0 Å². The molecule has 1 unspecified atom stereocenters. The van der Waals surface area contributed by atoms with Gasteiger partial charge in [0.05, 0.1) is 12.8 Å². The van der Waals surface area contributed by atoms with E-state index < -0.39 is 6.04 Å². The number of nitrogens with zero attached hydrogens (tertiary/aromatic N) is 2. The minimum Gasteiger partial charge on any atom is -0.493 e. The van der Waals surface area contributed by atoms with Crippen LogP contribution < -0.4 is 15.4 Å². The maximum absolute atomic E-state index is 12.4. The number of anilines is 1. The predicted molar refractivity (Wildman–Crippen MR) is 88.3 cm³/mol. The number of hydrogen-bond donors (Lipinski definition) is 2. The molecule has 23 heavy (non-hydrogen) atoms. The molecule has 1 aromatic carbocycles. The Morgan fingerprint density at radius 1 is 1.39 bits per heavy atom. The van der Waals surface area contributed by atoms with E-state index in [0.717, 1.165) is 29.5 Å². The van der Waals surface area contributed by atoms with Gasteiger partial charge in [-0.2, -0.15) is 5.10 Å². The van der Waals surface area contributed by atoms with E-state index in [0.29, 0.717) is 0 Å². The third-order valence-corrected chi connectivity index (χ3v) is 3.91. The summed E-state index contributed by atoms with van der Waals surface area (Å²) in [4.78, 5) is 12.4. The molecule has 1 aromatic heterocycles. The molecule has 122 valence electrons. The highest BCUT2D eigenvalue weighted by Gasteiger charge is 2.22. The number of likely N-dealkylation sites (N-methyl/N-ethyl adjacent to an activating group) is 1. The van der Waals surface area contributed by atoms with Crippen molar-refractivity contribution in [3.8, 4) is 5.75 Å². The molecular weight excluding hydrogens is 292 g/mol. The minimum absolute atomic E-state index is 0.118. The minimum atomic E-state index is -0.436. The van der Waals surface area contributed by atoms with Gasteiger partial charge in [0, 0.05) is 24.5 Å². The molecule has 1 aliphatic carbocycles. The second-order valence-electron chi connectivity index (χ2n) is 5.94. The van der Waals surface area contributed by atoms with Crippen molar-refractivity contribution in [3.05, 3.63) is 42.2 Å². The Balaban J connectivity index is 1.59. The molecule has 1 atom stereocenters. The highest BCUT2D eigenvalue weighted by atomic mass is 16.5. The first-order valence-electron chi connectivity index (χ1n) is 7.85. The number of carbonyl (C=O) groups is 1. The summed E-state index contributed by atoms with van der Waals surface area (Å²) in [6.45, 7) is 0.786. The Morgan fingerprint density at radius 2 is 2.13 bits per heavy atom. The van der Waals surface area contributed by atoms with Crippen LogP contribution >= 0.6 is 0 Å². The van der Waals surface area contributed by atoms with Gasteiger partial charge < -0.3 is 15.4 Å². The zero-order valence-electron chi connectivity index (χ0n) is 13.5. The lowest BCUT2D eigenvalue weighted by Crippen LogP contribution is -2.30. The van der Waals surface area contributed by atoms with Crippen molar-refractivity contribution < 1.29 is 9.53 Å². The van der Waals surface area contributed by atoms with Gasteiger partial charge in [-0.1, -0.05) is 0 Å². The number of ether oxygens (including phenoxy) is 1. The molecule has 2 aromatic rings. The van der Waals surface area contributed by atoms with Gasteiger partial charge in [-0.05, 0) is 50.1 Å². The van der Waals surface area contributed by atoms with E-state index in [1.165, 1.54) is 12.8 Å². The number of hydrogen-bond acceptors (Lipinski definition) is 4. The molecule has 0 saturated heterocycles. The van der Waals surface area contributed by atoms with Crippen molar-refractivity contribution in [3.63, 3.8) is 0 Å². The fraction of sp³-hybridized carbons (Fsp3) is 0.412. The first kappa shape index (κ1) is 15.6. The van der Waals surface area contributed by atoms with Crippen LogP contribution in [-0.2, 0) is 11.8 Å². The summed E-state index contributed by atoms with van der Waals surface area (Å²) in [5, 5.41) is 10.0. The topological polar surface area (TPSA) is 68.2 Å². The number of benzene rings is 1. The lowest BCUT2D eigenvalue weighted by atomic mass is 10.1. The SMILES string of the molecule is CNC(C(=O)Nc1ccc(OCC2CC2)cc1)c1cnn(C)c1. The molecule has 0 spiro atoms. The van der Waals surface area contributed by atoms with Crippen LogP contribution in [0.2, 0.25) is 0 Å². The first-order chi connectivity index (χ1) is 11.2. The molecule has 1 amide bonds. The van der Waals surface area contributed by atoms with Gasteiger partial charge in [-0.25, -0.2) is 0 Å². The summed E-state index contributed by atoms with van der Waals surface area (Å²) in [5.41, 5.74) is 1.58. The van der Waals surface area contributed by atoms with Gasteiger partial charge in [0.2, 0.25) is 5.91 Å². The lowest BCUT2D eigenvalue weighted by Gasteiger charge is -2.15. The van der Waals surface area contributed by atoms with Crippen molar-refractivity contribution in [1.82, 2.24) is 15.1 Å². The van der Waals surface area contributed by atoms with E-state index in [1.807, 2.05) is 37.5 Å². The molecule has 0 radical (unpaired) electrons. The Bertz CT molecular complexity index is 661. The summed E-state index contributed by atoms with van der Waals surface area (Å²) in [5.74, 6) is 1.45. The van der Waals surface area contributed by atoms with Crippen LogP contribution in [-0.4, -0.2) is 29.3 Å². The lowest BCUT2D eigenvalue weighted by molar-refractivity contribution is -0.118. The van der Waals surface area contributed by atoms with E-state index >= 15 is 0 Å². The summed E-state index contributed by atoms with van der Waals surface area (Å²) in [6.07, 6.45) is 6.06. The van der Waals surface area contributed by atoms with Crippen LogP contribution in [0.15, 0.2) is 36.7 Å². The maximum atomic E-state index is 12.4. The number of carbonyl (C=O) groups excluding carboxylic acids is 1. The van der Waals surface area contributed by atoms with Gasteiger partial charge in [0.25, 0.3) is 0 Å². The number of aryl methyl sites for hydroxylation is 1. The third kappa shape index (κ3) is 4.10. The number of nitrogens with one attached hydrogen (secondary N) is 2. The molecule has 2 N–H and O–H groups in total. The predicted octanol–water partition coefficient (Wildman–Crippen LogP) is 2.11. The van der Waals surface area contributed by atoms with E-state index in [1.54, 1.807) is 17.9 Å². The molecular formula is C17H22N4O2. The van der Waals surface area contributed by atoms with Crippen LogP contribution in [0, 0.1) is 5.92 Å². The quantitative estimate of drug-likeness (QED) is 0.821. The van der Waals surface area contributed by atoms with E-state index in [4.69, 9.17) is 4.74 Å². The zero-order chi connectivity index (χ0) is 16.2. The average molecular weight is 314 g/mol. The van der Waals surface area contributed by atoms with Gasteiger partial charge in [-0.15, -0.1) is 0 Å². The van der Waals surface area contributed by atoms with Gasteiger partial charge >= 0.3 is 0 Å². The number of rotatable bonds is 7. The van der Waals surface area contributed by atoms with Crippen LogP contribution in [0.3, 0.4) is 0 Å².